The van der Waals surface area contributed by atoms with Crippen molar-refractivity contribution in [3.05, 3.63) is 44.7 Å². The molecular weight excluding hydrogens is 468 g/mol. The lowest BCUT2D eigenvalue weighted by Crippen LogP contribution is -2.15. The van der Waals surface area contributed by atoms with Gasteiger partial charge in [0.05, 0.1) is 14.4 Å². The zero-order valence-electron chi connectivity index (χ0n) is 11.3. The Kier molecular flexibility index (Phi) is 4.89. The Balaban J connectivity index is 1.92. The van der Waals surface area contributed by atoms with E-state index >= 15 is 0 Å². The van der Waals surface area contributed by atoms with Crippen molar-refractivity contribution in [1.82, 2.24) is 9.36 Å². The molecule has 3 aromatic rings. The van der Waals surface area contributed by atoms with E-state index in [9.17, 15) is 17.2 Å². The predicted octanol–water partition coefficient (Wildman–Crippen LogP) is 4.76. The lowest BCUT2D eigenvalue weighted by molar-refractivity contribution is 0.552. The van der Waals surface area contributed by atoms with Gasteiger partial charge in [-0.2, -0.15) is 9.36 Å². The normalized spacial score (nSPS) is 11.7. The van der Waals surface area contributed by atoms with Crippen molar-refractivity contribution in [3.63, 3.8) is 0 Å². The summed E-state index contributed by atoms with van der Waals surface area (Å²) in [6, 6.07) is 2.98. The molecule has 0 bridgehead atoms. The van der Waals surface area contributed by atoms with Crippen LogP contribution in [0, 0.1) is 11.6 Å². The summed E-state index contributed by atoms with van der Waals surface area (Å²) in [6.45, 7) is 0. The first-order valence-corrected chi connectivity index (χ1v) is 10.3. The molecule has 0 saturated carbocycles. The van der Waals surface area contributed by atoms with E-state index in [-0.39, 0.29) is 15.4 Å². The molecule has 0 aliphatic heterocycles. The number of sulfonamides is 1. The Morgan fingerprint density at radius 2 is 2.00 bits per heavy atom. The van der Waals surface area contributed by atoms with Crippen molar-refractivity contribution in [1.29, 1.82) is 0 Å². The number of rotatable bonds is 4. The lowest BCUT2D eigenvalue weighted by atomic mass is 10.3. The number of thiophene rings is 1. The average Bonchev–Trinajstić information content (AvgIpc) is 3.11. The lowest BCUT2D eigenvalue weighted by Gasteiger charge is -2.06. The monoisotopic (exact) mass is 471 g/mol. The summed E-state index contributed by atoms with van der Waals surface area (Å²) in [4.78, 5) is 3.77. The van der Waals surface area contributed by atoms with Crippen molar-refractivity contribution in [2.24, 2.45) is 0 Å². The van der Waals surface area contributed by atoms with Crippen LogP contribution in [0.1, 0.15) is 0 Å². The average molecular weight is 473 g/mol. The number of nitrogens with zero attached hydrogens (tertiary/aromatic N) is 2. The van der Waals surface area contributed by atoms with Crippen LogP contribution in [0.5, 0.6) is 0 Å². The molecule has 0 saturated heterocycles. The minimum absolute atomic E-state index is 0.0859. The van der Waals surface area contributed by atoms with E-state index in [0.29, 0.717) is 16.0 Å². The summed E-state index contributed by atoms with van der Waals surface area (Å²) in [7, 11) is -4.36. The SMILES string of the molecule is O=S(=O)(Nc1nc(-c2sccc2Cl)ns1)c1cc(F)c(Br)cc1F. The third kappa shape index (κ3) is 3.45. The fourth-order valence-electron chi connectivity index (χ4n) is 1.69. The highest BCUT2D eigenvalue weighted by molar-refractivity contribution is 9.10. The maximum Gasteiger partial charge on any atom is 0.266 e. The summed E-state index contributed by atoms with van der Waals surface area (Å²) in [5, 5.41) is 2.09. The number of hydrogen-bond acceptors (Lipinski definition) is 6. The largest absolute Gasteiger partial charge is 0.266 e. The number of nitrogens with one attached hydrogen (secondary N) is 1. The quantitative estimate of drug-likeness (QED) is 0.556. The second-order valence-corrected chi connectivity index (χ2v) is 8.90. The molecule has 1 aromatic carbocycles. The van der Waals surface area contributed by atoms with Crippen LogP contribution >= 0.6 is 50.4 Å². The second-order valence-electron chi connectivity index (χ2n) is 4.32. The molecule has 0 amide bonds. The van der Waals surface area contributed by atoms with Crippen LogP contribution in [0.4, 0.5) is 13.9 Å². The van der Waals surface area contributed by atoms with Crippen LogP contribution in [0.2, 0.25) is 5.02 Å². The zero-order chi connectivity index (χ0) is 17.5. The molecule has 2 heterocycles. The van der Waals surface area contributed by atoms with Crippen molar-refractivity contribution in [3.8, 4) is 10.7 Å². The van der Waals surface area contributed by atoms with Gasteiger partial charge in [0.1, 0.15) is 16.5 Å². The highest BCUT2D eigenvalue weighted by atomic mass is 79.9. The summed E-state index contributed by atoms with van der Waals surface area (Å²) < 4.78 is 57.7. The molecule has 0 radical (unpaired) electrons. The molecule has 0 spiro atoms. The minimum atomic E-state index is -4.36. The van der Waals surface area contributed by atoms with Crippen molar-refractivity contribution in [2.75, 3.05) is 4.72 Å². The molecule has 2 aromatic heterocycles. The van der Waals surface area contributed by atoms with Gasteiger partial charge in [-0.1, -0.05) is 11.6 Å². The van der Waals surface area contributed by atoms with Gasteiger partial charge in [0.25, 0.3) is 10.0 Å². The fourth-order valence-corrected chi connectivity index (χ4v) is 5.01. The number of hydrogen-bond donors (Lipinski definition) is 1. The van der Waals surface area contributed by atoms with Crippen LogP contribution in [-0.4, -0.2) is 17.8 Å². The Morgan fingerprint density at radius 1 is 1.25 bits per heavy atom. The molecule has 0 aliphatic rings. The maximum absolute atomic E-state index is 13.8. The van der Waals surface area contributed by atoms with E-state index in [1.54, 1.807) is 11.4 Å². The Hall–Kier alpha value is -1.14. The predicted molar refractivity (Wildman–Crippen MR) is 93.1 cm³/mol. The van der Waals surface area contributed by atoms with E-state index in [4.69, 9.17) is 11.6 Å². The first-order valence-electron chi connectivity index (χ1n) is 6.02. The topological polar surface area (TPSA) is 72.0 Å². The van der Waals surface area contributed by atoms with Gasteiger partial charge < -0.3 is 0 Å². The summed E-state index contributed by atoms with van der Waals surface area (Å²) in [6.07, 6.45) is 0. The first-order chi connectivity index (χ1) is 11.3. The van der Waals surface area contributed by atoms with Gasteiger partial charge in [-0.05, 0) is 39.5 Å². The molecule has 0 atom stereocenters. The second kappa shape index (κ2) is 6.64. The Labute approximate surface area is 156 Å². The molecule has 0 fully saturated rings. The Morgan fingerprint density at radius 3 is 2.67 bits per heavy atom. The number of benzene rings is 1. The Bertz CT molecular complexity index is 1020. The van der Waals surface area contributed by atoms with Gasteiger partial charge >= 0.3 is 0 Å². The van der Waals surface area contributed by atoms with Gasteiger partial charge in [-0.15, -0.1) is 11.3 Å². The van der Waals surface area contributed by atoms with Crippen molar-refractivity contribution >= 4 is 65.6 Å². The molecule has 0 unspecified atom stereocenters. The minimum Gasteiger partial charge on any atom is -0.253 e. The summed E-state index contributed by atoms with van der Waals surface area (Å²) in [5.74, 6) is -1.75. The van der Waals surface area contributed by atoms with E-state index in [1.807, 2.05) is 0 Å². The molecule has 12 heteroatoms. The molecule has 0 aliphatic carbocycles. The van der Waals surface area contributed by atoms with Crippen LogP contribution in [0.25, 0.3) is 10.7 Å². The van der Waals surface area contributed by atoms with Crippen LogP contribution in [0.15, 0.2) is 32.9 Å². The van der Waals surface area contributed by atoms with Crippen molar-refractivity contribution in [2.45, 2.75) is 4.90 Å². The van der Waals surface area contributed by atoms with Gasteiger partial charge in [-0.25, -0.2) is 17.2 Å². The van der Waals surface area contributed by atoms with E-state index in [2.05, 4.69) is 30.0 Å². The molecular formula is C12H5BrClF2N3O2S3. The fraction of sp³-hybridized carbons (Fsp3) is 0. The van der Waals surface area contributed by atoms with Gasteiger partial charge in [0.2, 0.25) is 5.13 Å². The standard InChI is InChI=1S/C12H5BrClF2N3O2S3/c13-5-3-8(16)9(4-7(5)15)24(20,21)19-12-17-11(18-23-12)10-6(14)1-2-22-10/h1-4H,(H,17,18,19). The highest BCUT2D eigenvalue weighted by Crippen LogP contribution is 2.33. The van der Waals surface area contributed by atoms with Gasteiger partial charge in [-0.3, -0.25) is 4.72 Å². The van der Waals surface area contributed by atoms with Crippen molar-refractivity contribution < 1.29 is 17.2 Å². The maximum atomic E-state index is 13.8. The van der Waals surface area contributed by atoms with Crippen LogP contribution < -0.4 is 4.72 Å². The number of halogens is 4. The number of anilines is 1. The van der Waals surface area contributed by atoms with E-state index in [0.717, 1.165) is 17.6 Å². The van der Waals surface area contributed by atoms with Crippen LogP contribution in [-0.2, 0) is 10.0 Å². The third-order valence-electron chi connectivity index (χ3n) is 2.73. The smallest absolute Gasteiger partial charge is 0.253 e. The van der Waals surface area contributed by atoms with E-state index in [1.165, 1.54) is 11.3 Å². The highest BCUT2D eigenvalue weighted by Gasteiger charge is 2.23. The van der Waals surface area contributed by atoms with Gasteiger partial charge in [0, 0.05) is 11.5 Å². The third-order valence-corrected chi connectivity index (χ3v) is 6.79. The van der Waals surface area contributed by atoms with E-state index < -0.39 is 26.6 Å². The zero-order valence-corrected chi connectivity index (χ0v) is 16.0. The number of aromatic nitrogens is 2. The van der Waals surface area contributed by atoms with Gasteiger partial charge in [0.15, 0.2) is 5.82 Å². The first kappa shape index (κ1) is 17.7. The van der Waals surface area contributed by atoms with Crippen LogP contribution in [0.3, 0.4) is 0 Å². The summed E-state index contributed by atoms with van der Waals surface area (Å²) >= 11 is 10.8. The molecule has 5 nitrogen and oxygen atoms in total. The molecule has 3 rings (SSSR count). The molecule has 1 N–H and O–H groups in total. The summed E-state index contributed by atoms with van der Waals surface area (Å²) in [5.41, 5.74) is 0. The molecule has 126 valence electrons. The molecule has 24 heavy (non-hydrogen) atoms.